The minimum Gasteiger partial charge on any atom is -0.477 e. The highest BCUT2D eigenvalue weighted by Gasteiger charge is 2.60. The van der Waals surface area contributed by atoms with Crippen molar-refractivity contribution in [3.63, 3.8) is 0 Å². The summed E-state index contributed by atoms with van der Waals surface area (Å²) in [5.41, 5.74) is 0.625. The quantitative estimate of drug-likeness (QED) is 0.0677. The van der Waals surface area contributed by atoms with E-state index in [4.69, 9.17) is 5.84 Å². The summed E-state index contributed by atoms with van der Waals surface area (Å²) in [6.45, 7) is 3.91. The maximum atomic E-state index is 13.1. The number of nitrogens with two attached hydrogens (primary N) is 1. The van der Waals surface area contributed by atoms with E-state index in [1.807, 2.05) is 6.92 Å². The predicted molar refractivity (Wildman–Crippen MR) is 139 cm³/mol. The number of hydrogen-bond donors (Lipinski definition) is 5. The number of aliphatic carboxylic acids is 1. The second-order valence-electron chi connectivity index (χ2n) is 9.24. The van der Waals surface area contributed by atoms with Crippen LogP contribution in [-0.2, 0) is 19.2 Å². The Kier molecular flexibility index (Phi) is 8.36. The molecule has 3 aliphatic heterocycles. The van der Waals surface area contributed by atoms with Gasteiger partial charge in [-0.25, -0.2) is 4.79 Å². The number of pyridine rings is 1. The molecule has 3 amide bonds. The van der Waals surface area contributed by atoms with E-state index < -0.39 is 29.9 Å². The van der Waals surface area contributed by atoms with Crippen LogP contribution in [0.1, 0.15) is 20.3 Å². The molecule has 4 rings (SSSR count). The zero-order chi connectivity index (χ0) is 27.4. The average Bonchev–Trinajstić information content (AvgIpc) is 3.44. The number of amides is 3. The molecule has 6 N–H and O–H groups in total. The van der Waals surface area contributed by atoms with Gasteiger partial charge in [0.05, 0.1) is 18.0 Å². The molecular formula is C23H29N9O5S. The second-order valence-corrected chi connectivity index (χ2v) is 10.6. The fourth-order valence-corrected chi connectivity index (χ4v) is 6.59. The van der Waals surface area contributed by atoms with Crippen molar-refractivity contribution in [1.82, 2.24) is 20.5 Å². The molecule has 6 atom stereocenters. The molecule has 0 radical (unpaired) electrons. The molecule has 14 nitrogen and oxygen atoms in total. The lowest BCUT2D eigenvalue weighted by atomic mass is 9.78. The topological polar surface area (TPSA) is 204 Å². The van der Waals surface area contributed by atoms with Crippen LogP contribution in [0.4, 0.5) is 5.69 Å². The lowest BCUT2D eigenvalue weighted by molar-refractivity contribution is -0.158. The van der Waals surface area contributed by atoms with Crippen LogP contribution in [-0.4, -0.2) is 81.5 Å². The van der Waals surface area contributed by atoms with E-state index in [-0.39, 0.29) is 41.3 Å². The number of carbonyl (C=O) groups excluding carboxylic acids is 3. The minimum absolute atomic E-state index is 0.0197. The third-order valence-corrected chi connectivity index (χ3v) is 8.31. The second kappa shape index (κ2) is 11.7. The minimum atomic E-state index is -1.17. The first-order chi connectivity index (χ1) is 18.2. The standard InChI is InChI=1S/C23H29N9O5S/c1-11-18-17(12(2)29-16(33)9-26-10-28-31-24)22(35)32(18)19(23(36)37)20(11)38-14-7-15(27-8-14)21(34)30-13-3-5-25-6-4-13/h3-6,10-12,14-15,17-18,27H,7-9H2,1-2H3,(H,29,33)(H,36,37)(H2,24,26,28)(H,25,30,34)/t11-,12-,14?,15?,17-,18-/m1/s1. The smallest absolute Gasteiger partial charge is 0.353 e. The van der Waals surface area contributed by atoms with Gasteiger partial charge in [-0.2, -0.15) is 0 Å². The number of anilines is 1. The Morgan fingerprint density at radius 1 is 1.37 bits per heavy atom. The maximum Gasteiger partial charge on any atom is 0.353 e. The van der Waals surface area contributed by atoms with Crippen molar-refractivity contribution >= 4 is 47.5 Å². The van der Waals surface area contributed by atoms with Gasteiger partial charge in [0.15, 0.2) is 0 Å². The maximum absolute atomic E-state index is 13.1. The summed E-state index contributed by atoms with van der Waals surface area (Å²) < 4.78 is 0. The fourth-order valence-electron chi connectivity index (χ4n) is 5.11. The first-order valence-corrected chi connectivity index (χ1v) is 12.9. The number of carboxylic acid groups (broad SMARTS) is 1. The van der Waals surface area contributed by atoms with Crippen LogP contribution < -0.4 is 21.8 Å². The van der Waals surface area contributed by atoms with Gasteiger partial charge in [-0.1, -0.05) is 12.1 Å². The molecule has 1 aromatic rings. The van der Waals surface area contributed by atoms with Crippen LogP contribution >= 0.6 is 11.8 Å². The molecule has 38 heavy (non-hydrogen) atoms. The van der Waals surface area contributed by atoms with E-state index >= 15 is 0 Å². The summed E-state index contributed by atoms with van der Waals surface area (Å²) in [7, 11) is 0. The number of β-lactam (4-membered cyclic amide) rings is 1. The molecule has 3 aliphatic rings. The number of carbonyl (C=O) groups is 4. The van der Waals surface area contributed by atoms with E-state index in [1.54, 1.807) is 31.5 Å². The molecular weight excluding hydrogens is 514 g/mol. The number of rotatable bonds is 10. The van der Waals surface area contributed by atoms with Gasteiger partial charge in [-0.05, 0) is 25.5 Å². The Balaban J connectivity index is 1.39. The van der Waals surface area contributed by atoms with Gasteiger partial charge in [0.25, 0.3) is 0 Å². The van der Waals surface area contributed by atoms with E-state index in [1.165, 1.54) is 16.7 Å². The number of fused-ring (bicyclic) bond motifs is 1. The van der Waals surface area contributed by atoms with Gasteiger partial charge in [0.1, 0.15) is 18.6 Å². The van der Waals surface area contributed by atoms with Gasteiger partial charge < -0.3 is 31.8 Å². The zero-order valence-corrected chi connectivity index (χ0v) is 21.6. The number of aliphatic imine (C=N–C) groups is 1. The molecule has 0 aliphatic carbocycles. The number of hydrogen-bond acceptors (Lipinski definition) is 9. The Morgan fingerprint density at radius 3 is 2.79 bits per heavy atom. The summed E-state index contributed by atoms with van der Waals surface area (Å²) in [5, 5.41) is 25.1. The summed E-state index contributed by atoms with van der Waals surface area (Å²) in [4.78, 5) is 59.8. The number of thioether (sulfide) groups is 1. The average molecular weight is 544 g/mol. The molecule has 2 saturated heterocycles. The molecule has 1 aromatic heterocycles. The number of nitrogens with one attached hydrogen (secondary N) is 3. The lowest BCUT2D eigenvalue weighted by Crippen LogP contribution is -2.66. The number of nitrogens with zero attached hydrogens (tertiary/aromatic N) is 5. The Morgan fingerprint density at radius 2 is 2.11 bits per heavy atom. The van der Waals surface area contributed by atoms with E-state index in [2.05, 4.69) is 36.3 Å². The molecule has 4 heterocycles. The molecule has 0 bridgehead atoms. The highest BCUT2D eigenvalue weighted by molar-refractivity contribution is 8.03. The van der Waals surface area contributed by atoms with Crippen LogP contribution in [0.15, 0.2) is 50.5 Å². The van der Waals surface area contributed by atoms with Gasteiger partial charge in [-0.15, -0.1) is 16.9 Å². The largest absolute Gasteiger partial charge is 0.477 e. The van der Waals surface area contributed by atoms with Crippen LogP contribution in [0.25, 0.3) is 0 Å². The summed E-state index contributed by atoms with van der Waals surface area (Å²) in [6, 6.07) is 2.05. The predicted octanol–water partition coefficient (Wildman–Crippen LogP) is 0.116. The first kappa shape index (κ1) is 27.2. The van der Waals surface area contributed by atoms with E-state index in [9.17, 15) is 24.3 Å². The lowest BCUT2D eigenvalue weighted by Gasteiger charge is -2.47. The van der Waals surface area contributed by atoms with Crippen molar-refractivity contribution in [1.29, 1.82) is 0 Å². The Bertz CT molecular complexity index is 1190. The first-order valence-electron chi connectivity index (χ1n) is 12.0. The van der Waals surface area contributed by atoms with E-state index in [0.717, 1.165) is 6.34 Å². The van der Waals surface area contributed by atoms with Crippen molar-refractivity contribution in [2.75, 3.05) is 18.4 Å². The number of carboxylic acids is 1. The molecule has 2 unspecified atom stereocenters. The summed E-state index contributed by atoms with van der Waals surface area (Å²) in [5.74, 6) is 1.94. The summed E-state index contributed by atoms with van der Waals surface area (Å²) in [6.07, 6.45) is 4.74. The summed E-state index contributed by atoms with van der Waals surface area (Å²) >= 11 is 1.40. The Hall–Kier alpha value is -3.85. The van der Waals surface area contributed by atoms with Gasteiger partial charge in [-0.3, -0.25) is 24.4 Å². The normalized spacial score (nSPS) is 27.5. The van der Waals surface area contributed by atoms with Crippen molar-refractivity contribution in [3.05, 3.63) is 35.1 Å². The van der Waals surface area contributed by atoms with Gasteiger partial charge in [0.2, 0.25) is 17.7 Å². The van der Waals surface area contributed by atoms with Crippen LogP contribution in [0.5, 0.6) is 0 Å². The molecule has 0 saturated carbocycles. The van der Waals surface area contributed by atoms with Crippen molar-refractivity contribution in [3.8, 4) is 0 Å². The fraction of sp³-hybridized carbons (Fsp3) is 0.478. The molecule has 15 heteroatoms. The molecule has 0 spiro atoms. The third-order valence-electron chi connectivity index (χ3n) is 6.80. The van der Waals surface area contributed by atoms with Gasteiger partial charge in [0, 0.05) is 46.7 Å². The SMILES string of the molecule is C[C@@H](NC(=O)CN=CN=NN)[C@H]1C(=O)N2C(C(=O)O)=C(SC3CNC(C(=O)Nc4ccncc4)C3)[C@H](C)[C@H]12. The van der Waals surface area contributed by atoms with Crippen molar-refractivity contribution < 1.29 is 24.3 Å². The van der Waals surface area contributed by atoms with Crippen LogP contribution in [0, 0.1) is 11.8 Å². The molecule has 202 valence electrons. The molecule has 0 aromatic carbocycles. The van der Waals surface area contributed by atoms with Gasteiger partial charge >= 0.3 is 5.97 Å². The Labute approximate surface area is 222 Å². The highest BCUT2D eigenvalue weighted by Crippen LogP contribution is 2.51. The van der Waals surface area contributed by atoms with Crippen molar-refractivity contribution in [2.45, 2.75) is 43.6 Å². The third kappa shape index (κ3) is 5.52. The van der Waals surface area contributed by atoms with Crippen molar-refractivity contribution in [2.24, 2.45) is 33.0 Å². The monoisotopic (exact) mass is 543 g/mol. The van der Waals surface area contributed by atoms with Crippen LogP contribution in [0.2, 0.25) is 0 Å². The van der Waals surface area contributed by atoms with Crippen LogP contribution in [0.3, 0.4) is 0 Å². The highest BCUT2D eigenvalue weighted by atomic mass is 32.2. The molecule has 2 fully saturated rings. The van der Waals surface area contributed by atoms with E-state index in [0.29, 0.717) is 23.6 Å². The zero-order valence-electron chi connectivity index (χ0n) is 20.8. The number of aromatic nitrogens is 1.